The minimum absolute atomic E-state index is 0.0527. The number of aromatic nitrogens is 1. The van der Waals surface area contributed by atoms with Crippen LogP contribution >= 0.6 is 15.9 Å². The van der Waals surface area contributed by atoms with E-state index >= 15 is 0 Å². The lowest BCUT2D eigenvalue weighted by Crippen LogP contribution is -2.33. The summed E-state index contributed by atoms with van der Waals surface area (Å²) < 4.78 is 2.93. The molecule has 1 aromatic heterocycles. The molecule has 2 fully saturated rings. The second kappa shape index (κ2) is 4.14. The van der Waals surface area contributed by atoms with Crippen LogP contribution in [0.2, 0.25) is 0 Å². The van der Waals surface area contributed by atoms with Gasteiger partial charge in [0.1, 0.15) is 5.69 Å². The maximum atomic E-state index is 12.1. The van der Waals surface area contributed by atoms with Crippen LogP contribution in [0.4, 0.5) is 0 Å². The number of fused-ring (bicyclic) bond motifs is 1. The summed E-state index contributed by atoms with van der Waals surface area (Å²) in [6, 6.07) is 2.28. The smallest absolute Gasteiger partial charge is 0.268 e. The molecule has 2 N–H and O–H groups in total. The Balaban J connectivity index is 1.69. The lowest BCUT2D eigenvalue weighted by atomic mass is 10.3. The Labute approximate surface area is 109 Å². The molecule has 0 aromatic carbocycles. The molecular weight excluding hydrogens is 282 g/mol. The highest BCUT2D eigenvalue weighted by molar-refractivity contribution is 9.10. The molecule has 2 unspecified atom stereocenters. The maximum Gasteiger partial charge on any atom is 0.268 e. The van der Waals surface area contributed by atoms with Crippen LogP contribution in [0.5, 0.6) is 0 Å². The van der Waals surface area contributed by atoms with Crippen molar-refractivity contribution in [1.82, 2.24) is 15.2 Å². The van der Waals surface area contributed by atoms with E-state index in [2.05, 4.69) is 26.6 Å². The Morgan fingerprint density at radius 1 is 1.59 bits per heavy atom. The SMILES string of the molecule is CCn1cc(Br)cc1C(=O)NC1C2CNCC21. The summed E-state index contributed by atoms with van der Waals surface area (Å²) in [6.07, 6.45) is 1.95. The van der Waals surface area contributed by atoms with E-state index in [-0.39, 0.29) is 5.91 Å². The predicted octanol–water partition coefficient (Wildman–Crippen LogP) is 1.22. The molecule has 1 aliphatic carbocycles. The van der Waals surface area contributed by atoms with Gasteiger partial charge in [-0.05, 0) is 40.8 Å². The normalized spacial score (nSPS) is 30.1. The van der Waals surface area contributed by atoms with Crippen molar-refractivity contribution in [2.24, 2.45) is 11.8 Å². The van der Waals surface area contributed by atoms with Crippen LogP contribution in [0.1, 0.15) is 17.4 Å². The summed E-state index contributed by atoms with van der Waals surface area (Å²) in [5.41, 5.74) is 0.748. The summed E-state index contributed by atoms with van der Waals surface area (Å²) in [5, 5.41) is 6.47. The molecule has 1 aromatic rings. The first-order valence-electron chi connectivity index (χ1n) is 6.08. The summed E-state index contributed by atoms with van der Waals surface area (Å²) in [7, 11) is 0. The van der Waals surface area contributed by atoms with Crippen LogP contribution in [-0.4, -0.2) is 29.6 Å². The molecule has 2 heterocycles. The fourth-order valence-electron chi connectivity index (χ4n) is 2.78. The van der Waals surface area contributed by atoms with E-state index in [1.807, 2.05) is 23.8 Å². The zero-order valence-corrected chi connectivity index (χ0v) is 11.3. The Morgan fingerprint density at radius 2 is 2.29 bits per heavy atom. The summed E-state index contributed by atoms with van der Waals surface area (Å²) in [4.78, 5) is 12.1. The molecule has 2 atom stereocenters. The average molecular weight is 298 g/mol. The summed E-state index contributed by atoms with van der Waals surface area (Å²) in [6.45, 7) is 4.95. The van der Waals surface area contributed by atoms with E-state index in [1.54, 1.807) is 0 Å². The Hall–Kier alpha value is -0.810. The number of nitrogens with one attached hydrogen (secondary N) is 2. The highest BCUT2D eigenvalue weighted by Gasteiger charge is 2.53. The Morgan fingerprint density at radius 3 is 2.94 bits per heavy atom. The first-order valence-corrected chi connectivity index (χ1v) is 6.87. The number of nitrogens with zero attached hydrogens (tertiary/aromatic N) is 1. The van der Waals surface area contributed by atoms with Gasteiger partial charge in [-0.3, -0.25) is 4.79 Å². The van der Waals surface area contributed by atoms with Crippen LogP contribution in [0, 0.1) is 11.8 Å². The summed E-state index contributed by atoms with van der Waals surface area (Å²) in [5.74, 6) is 1.37. The van der Waals surface area contributed by atoms with Gasteiger partial charge in [-0.25, -0.2) is 0 Å². The van der Waals surface area contributed by atoms with Gasteiger partial charge in [0.2, 0.25) is 0 Å². The van der Waals surface area contributed by atoms with Crippen molar-refractivity contribution < 1.29 is 4.79 Å². The molecule has 1 saturated carbocycles. The van der Waals surface area contributed by atoms with E-state index in [0.717, 1.165) is 29.8 Å². The predicted molar refractivity (Wildman–Crippen MR) is 68.9 cm³/mol. The second-order valence-corrected chi connectivity index (χ2v) is 5.73. The van der Waals surface area contributed by atoms with Crippen LogP contribution < -0.4 is 10.6 Å². The number of rotatable bonds is 3. The largest absolute Gasteiger partial charge is 0.347 e. The van der Waals surface area contributed by atoms with Crippen molar-refractivity contribution in [1.29, 1.82) is 0 Å². The number of amides is 1. The molecule has 1 aliphatic heterocycles. The highest BCUT2D eigenvalue weighted by atomic mass is 79.9. The van der Waals surface area contributed by atoms with Gasteiger partial charge in [-0.1, -0.05) is 0 Å². The van der Waals surface area contributed by atoms with Crippen molar-refractivity contribution >= 4 is 21.8 Å². The number of piperidine rings is 1. The number of halogens is 1. The summed E-state index contributed by atoms with van der Waals surface area (Å²) >= 11 is 3.41. The van der Waals surface area contributed by atoms with Gasteiger partial charge in [0.25, 0.3) is 5.91 Å². The topological polar surface area (TPSA) is 46.1 Å². The molecule has 1 amide bonds. The van der Waals surface area contributed by atoms with Gasteiger partial charge >= 0.3 is 0 Å². The minimum Gasteiger partial charge on any atom is -0.347 e. The first-order chi connectivity index (χ1) is 8.20. The zero-order valence-electron chi connectivity index (χ0n) is 9.74. The molecule has 5 heteroatoms. The van der Waals surface area contributed by atoms with E-state index in [4.69, 9.17) is 0 Å². The molecule has 17 heavy (non-hydrogen) atoms. The van der Waals surface area contributed by atoms with Gasteiger partial charge in [-0.15, -0.1) is 0 Å². The third-order valence-corrected chi connectivity index (χ3v) is 4.26. The van der Waals surface area contributed by atoms with Gasteiger partial charge in [0, 0.05) is 36.3 Å². The molecule has 0 bridgehead atoms. The van der Waals surface area contributed by atoms with E-state index in [1.165, 1.54) is 0 Å². The van der Waals surface area contributed by atoms with Crippen molar-refractivity contribution in [3.63, 3.8) is 0 Å². The van der Waals surface area contributed by atoms with Crippen LogP contribution in [-0.2, 0) is 6.54 Å². The van der Waals surface area contributed by atoms with Gasteiger partial charge in [0.05, 0.1) is 0 Å². The van der Waals surface area contributed by atoms with Crippen LogP contribution in [0.15, 0.2) is 16.7 Å². The van der Waals surface area contributed by atoms with Crippen molar-refractivity contribution in [2.75, 3.05) is 13.1 Å². The Kier molecular flexibility index (Phi) is 2.75. The molecule has 0 radical (unpaired) electrons. The van der Waals surface area contributed by atoms with Crippen molar-refractivity contribution in [2.45, 2.75) is 19.5 Å². The molecular formula is C12H16BrN3O. The van der Waals surface area contributed by atoms with Crippen LogP contribution in [0.3, 0.4) is 0 Å². The minimum atomic E-state index is 0.0527. The third-order valence-electron chi connectivity index (χ3n) is 3.83. The molecule has 0 spiro atoms. The number of hydrogen-bond acceptors (Lipinski definition) is 2. The highest BCUT2D eigenvalue weighted by Crippen LogP contribution is 2.41. The lowest BCUT2D eigenvalue weighted by molar-refractivity contribution is 0.0937. The number of hydrogen-bond donors (Lipinski definition) is 2. The zero-order chi connectivity index (χ0) is 12.0. The molecule has 2 aliphatic rings. The quantitative estimate of drug-likeness (QED) is 0.881. The van der Waals surface area contributed by atoms with Crippen LogP contribution in [0.25, 0.3) is 0 Å². The van der Waals surface area contributed by atoms with Crippen molar-refractivity contribution in [3.05, 3.63) is 22.4 Å². The molecule has 92 valence electrons. The van der Waals surface area contributed by atoms with Gasteiger partial charge < -0.3 is 15.2 Å². The fraction of sp³-hybridized carbons (Fsp3) is 0.583. The van der Waals surface area contributed by atoms with Gasteiger partial charge in [0.15, 0.2) is 0 Å². The Bertz CT molecular complexity index is 447. The number of carbonyl (C=O) groups excluding carboxylic acids is 1. The number of carbonyl (C=O) groups is 1. The molecule has 4 nitrogen and oxygen atoms in total. The third kappa shape index (κ3) is 1.91. The second-order valence-electron chi connectivity index (χ2n) is 4.81. The van der Waals surface area contributed by atoms with E-state index < -0.39 is 0 Å². The average Bonchev–Trinajstić information content (AvgIpc) is 2.75. The molecule has 1 saturated heterocycles. The van der Waals surface area contributed by atoms with E-state index in [0.29, 0.717) is 17.9 Å². The van der Waals surface area contributed by atoms with Crippen molar-refractivity contribution in [3.8, 4) is 0 Å². The van der Waals surface area contributed by atoms with Gasteiger partial charge in [-0.2, -0.15) is 0 Å². The first kappa shape index (κ1) is 11.3. The maximum absolute atomic E-state index is 12.1. The number of aryl methyl sites for hydroxylation is 1. The molecule has 3 rings (SSSR count). The fourth-order valence-corrected chi connectivity index (χ4v) is 3.25. The monoisotopic (exact) mass is 297 g/mol. The van der Waals surface area contributed by atoms with E-state index in [9.17, 15) is 4.79 Å². The lowest BCUT2D eigenvalue weighted by Gasteiger charge is -2.09. The standard InChI is InChI=1S/C12H16BrN3O/c1-2-16-6-7(13)3-10(16)12(17)15-11-8-4-14-5-9(8)11/h3,6,8-9,11,14H,2,4-5H2,1H3,(H,15,17).